The minimum Gasteiger partial charge on any atom is -0.502 e. The van der Waals surface area contributed by atoms with E-state index in [4.69, 9.17) is 17.0 Å². The third kappa shape index (κ3) is 5.58. The van der Waals surface area contributed by atoms with Gasteiger partial charge in [0.1, 0.15) is 5.75 Å². The lowest BCUT2D eigenvalue weighted by Gasteiger charge is -2.18. The molecule has 7 nitrogen and oxygen atoms in total. The van der Waals surface area contributed by atoms with E-state index in [9.17, 15) is 15.2 Å². The van der Waals surface area contributed by atoms with Crippen molar-refractivity contribution in [1.82, 2.24) is 0 Å². The molecule has 2 N–H and O–H groups in total. The number of nitro groups is 1. The van der Waals surface area contributed by atoms with Crippen molar-refractivity contribution < 1.29 is 19.3 Å². The summed E-state index contributed by atoms with van der Waals surface area (Å²) in [6.45, 7) is 7.99. The fraction of sp³-hybridized carbons (Fsp3) is 0.231. The summed E-state index contributed by atoms with van der Waals surface area (Å²) >= 11 is 5.69. The maximum Gasteiger partial charge on any atom is 0.288 e. The minimum atomic E-state index is -0.468. The molecule has 0 atom stereocenters. The van der Waals surface area contributed by atoms with Crippen molar-refractivity contribution in [3.8, 4) is 5.75 Å². The van der Waals surface area contributed by atoms with Crippen LogP contribution in [0, 0.1) is 17.0 Å². The Hall–Kier alpha value is -3.78. The van der Waals surface area contributed by atoms with E-state index in [-0.39, 0.29) is 33.1 Å². The molecule has 176 valence electrons. The van der Waals surface area contributed by atoms with E-state index in [2.05, 4.69) is 26.1 Å². The van der Waals surface area contributed by atoms with Gasteiger partial charge in [0.05, 0.1) is 12.0 Å². The molecule has 34 heavy (non-hydrogen) atoms. The Morgan fingerprint density at radius 1 is 1.12 bits per heavy atom. The predicted molar refractivity (Wildman–Crippen MR) is 138 cm³/mol. The van der Waals surface area contributed by atoms with Crippen molar-refractivity contribution in [2.75, 3.05) is 12.4 Å². The first kappa shape index (κ1) is 24.9. The molecule has 1 heterocycles. The highest BCUT2D eigenvalue weighted by atomic mass is 32.1. The number of anilines is 1. The Morgan fingerprint density at radius 3 is 2.38 bits per heavy atom. The van der Waals surface area contributed by atoms with Crippen LogP contribution in [0.15, 0.2) is 67.0 Å². The van der Waals surface area contributed by atoms with Gasteiger partial charge in [0, 0.05) is 41.1 Å². The Kier molecular flexibility index (Phi) is 7.32. The number of aliphatic hydroxyl groups is 1. The van der Waals surface area contributed by atoms with Crippen LogP contribution in [0.4, 0.5) is 11.4 Å². The summed E-state index contributed by atoms with van der Waals surface area (Å²) in [7, 11) is 1.57. The molecule has 0 spiro atoms. The summed E-state index contributed by atoms with van der Waals surface area (Å²) < 4.78 is 6.98. The van der Waals surface area contributed by atoms with Crippen molar-refractivity contribution in [2.45, 2.75) is 33.1 Å². The number of nitrogens with one attached hydrogen (secondary N) is 1. The Bertz CT molecular complexity index is 1260. The molecule has 0 fully saturated rings. The average Bonchev–Trinajstić information content (AvgIpc) is 2.79. The molecule has 0 unspecified atom stereocenters. The van der Waals surface area contributed by atoms with Crippen LogP contribution in [0.1, 0.15) is 37.5 Å². The lowest BCUT2D eigenvalue weighted by atomic mass is 9.88. The highest BCUT2D eigenvalue weighted by molar-refractivity contribution is 7.81. The summed E-state index contributed by atoms with van der Waals surface area (Å²) in [6.07, 6.45) is 3.63. The second-order valence-corrected chi connectivity index (χ2v) is 9.29. The van der Waals surface area contributed by atoms with Gasteiger partial charge in [-0.3, -0.25) is 10.1 Å². The Morgan fingerprint density at radius 2 is 1.79 bits per heavy atom. The van der Waals surface area contributed by atoms with Crippen LogP contribution in [0.25, 0.3) is 11.5 Å². The molecular weight excluding hydrogens is 450 g/mol. The maximum atomic E-state index is 11.5. The number of thiocarbonyl (C=S) groups is 1. The highest BCUT2D eigenvalue weighted by Gasteiger charge is 2.26. The van der Waals surface area contributed by atoms with Gasteiger partial charge in [-0.1, -0.05) is 51.2 Å². The standard InChI is InChI=1S/C26H27N3O4S/c1-17-9-10-18(15-22(17)29(31)32)24(30)23(28-13-11-19(12-14-28)26(2,3)4)25(34)27-20-7-6-8-21(16-20)33-5/h6-16H,1-5H3,(H-,27,30,34)/p+1. The van der Waals surface area contributed by atoms with Gasteiger partial charge < -0.3 is 15.2 Å². The quantitative estimate of drug-likeness (QED) is 0.116. The summed E-state index contributed by atoms with van der Waals surface area (Å²) in [6, 6.07) is 15.7. The van der Waals surface area contributed by atoms with E-state index in [0.29, 0.717) is 17.0 Å². The molecule has 8 heteroatoms. The van der Waals surface area contributed by atoms with Gasteiger partial charge in [0.25, 0.3) is 11.4 Å². The van der Waals surface area contributed by atoms with E-state index >= 15 is 0 Å². The zero-order valence-corrected chi connectivity index (χ0v) is 20.6. The third-order valence-corrected chi connectivity index (χ3v) is 5.70. The van der Waals surface area contributed by atoms with Crippen LogP contribution in [0.5, 0.6) is 5.75 Å². The normalized spacial score (nSPS) is 12.0. The summed E-state index contributed by atoms with van der Waals surface area (Å²) in [5.41, 5.74) is 2.73. The van der Waals surface area contributed by atoms with Gasteiger partial charge in [-0.15, -0.1) is 0 Å². The predicted octanol–water partition coefficient (Wildman–Crippen LogP) is 5.82. The molecule has 0 radical (unpaired) electrons. The average molecular weight is 479 g/mol. The van der Waals surface area contributed by atoms with E-state index < -0.39 is 4.92 Å². The van der Waals surface area contributed by atoms with Crippen LogP contribution >= 0.6 is 12.2 Å². The molecule has 0 saturated heterocycles. The number of rotatable bonds is 6. The maximum absolute atomic E-state index is 11.5. The van der Waals surface area contributed by atoms with Gasteiger partial charge in [-0.25, -0.2) is 0 Å². The number of ether oxygens (including phenoxy) is 1. The SMILES string of the molecule is COc1cccc(NC(=S)/C(=C(\O)c2ccc(C)c([N+](=O)[O-])c2)[n+]2ccc(C(C)(C)C)cc2)c1. The van der Waals surface area contributed by atoms with Crippen molar-refractivity contribution >= 4 is 40.0 Å². The number of aliphatic hydroxyl groups excluding tert-OH is 1. The lowest BCUT2D eigenvalue weighted by Crippen LogP contribution is -2.39. The monoisotopic (exact) mass is 478 g/mol. The van der Waals surface area contributed by atoms with E-state index in [1.807, 2.05) is 42.7 Å². The van der Waals surface area contributed by atoms with Crippen LogP contribution < -0.4 is 14.6 Å². The molecule has 3 rings (SSSR count). The number of nitro benzene ring substituents is 1. The number of aromatic nitrogens is 1. The minimum absolute atomic E-state index is 0.0536. The molecule has 0 saturated carbocycles. The smallest absolute Gasteiger partial charge is 0.288 e. The summed E-state index contributed by atoms with van der Waals surface area (Å²) in [4.78, 5) is 11.2. The first-order valence-electron chi connectivity index (χ1n) is 10.7. The molecule has 0 bridgehead atoms. The van der Waals surface area contributed by atoms with Crippen LogP contribution in [-0.2, 0) is 5.41 Å². The number of benzene rings is 2. The van der Waals surface area contributed by atoms with Crippen molar-refractivity contribution in [2.24, 2.45) is 0 Å². The van der Waals surface area contributed by atoms with Gasteiger partial charge in [0.15, 0.2) is 23.1 Å². The first-order chi connectivity index (χ1) is 16.0. The fourth-order valence-corrected chi connectivity index (χ4v) is 3.72. The topological polar surface area (TPSA) is 88.5 Å². The number of aryl methyl sites for hydroxylation is 1. The summed E-state index contributed by atoms with van der Waals surface area (Å²) in [5, 5.41) is 25.9. The Labute approximate surface area is 204 Å². The molecule has 0 aliphatic heterocycles. The van der Waals surface area contributed by atoms with Crippen molar-refractivity contribution in [3.05, 3.63) is 93.8 Å². The lowest BCUT2D eigenvalue weighted by molar-refractivity contribution is -0.575. The second-order valence-electron chi connectivity index (χ2n) is 8.89. The van der Waals surface area contributed by atoms with Gasteiger partial charge in [0.2, 0.25) is 0 Å². The second kappa shape index (κ2) is 10.0. The van der Waals surface area contributed by atoms with Crippen molar-refractivity contribution in [1.29, 1.82) is 0 Å². The van der Waals surface area contributed by atoms with E-state index in [0.717, 1.165) is 5.56 Å². The molecule has 0 aliphatic carbocycles. The number of pyridine rings is 1. The highest BCUT2D eigenvalue weighted by Crippen LogP contribution is 2.27. The molecule has 0 aliphatic rings. The van der Waals surface area contributed by atoms with Gasteiger partial charge in [-0.05, 0) is 30.0 Å². The Balaban J connectivity index is 2.14. The third-order valence-electron chi connectivity index (χ3n) is 5.40. The van der Waals surface area contributed by atoms with E-state index in [1.165, 1.54) is 6.07 Å². The van der Waals surface area contributed by atoms with Gasteiger partial charge >= 0.3 is 0 Å². The number of hydrogen-bond donors (Lipinski definition) is 2. The number of nitrogens with zero attached hydrogens (tertiary/aromatic N) is 2. The number of hydrogen-bond acceptors (Lipinski definition) is 5. The van der Waals surface area contributed by atoms with Crippen LogP contribution in [-0.4, -0.2) is 22.1 Å². The molecule has 0 amide bonds. The zero-order chi connectivity index (χ0) is 25.0. The zero-order valence-electron chi connectivity index (χ0n) is 19.8. The van der Waals surface area contributed by atoms with Crippen molar-refractivity contribution in [3.63, 3.8) is 0 Å². The molecule has 2 aromatic carbocycles. The first-order valence-corrected chi connectivity index (χ1v) is 11.1. The van der Waals surface area contributed by atoms with Crippen LogP contribution in [0.3, 0.4) is 0 Å². The molecule has 3 aromatic rings. The number of methoxy groups -OCH3 is 1. The van der Waals surface area contributed by atoms with E-state index in [1.54, 1.807) is 36.8 Å². The largest absolute Gasteiger partial charge is 0.502 e. The fourth-order valence-electron chi connectivity index (χ4n) is 3.40. The van der Waals surface area contributed by atoms with Gasteiger partial charge in [-0.2, -0.15) is 4.57 Å². The summed E-state index contributed by atoms with van der Waals surface area (Å²) in [5.74, 6) is 0.468. The molecule has 1 aromatic heterocycles. The van der Waals surface area contributed by atoms with Crippen LogP contribution in [0.2, 0.25) is 0 Å². The molecular formula is C26H28N3O4S+.